The molecule has 1 aromatic heterocycles. The van der Waals surface area contributed by atoms with Crippen LogP contribution in [0.4, 0.5) is 10.1 Å². The minimum absolute atomic E-state index is 0.148. The van der Waals surface area contributed by atoms with E-state index < -0.39 is 5.97 Å². The van der Waals surface area contributed by atoms with E-state index in [-0.39, 0.29) is 35.4 Å². The van der Waals surface area contributed by atoms with E-state index in [1.54, 1.807) is 12.1 Å². The molecule has 0 saturated carbocycles. The number of hydrogen-bond acceptors (Lipinski definition) is 4. The van der Waals surface area contributed by atoms with Gasteiger partial charge in [0.15, 0.2) is 5.69 Å². The van der Waals surface area contributed by atoms with Gasteiger partial charge >= 0.3 is 5.97 Å². The highest BCUT2D eigenvalue weighted by atomic mass is 32.1. The summed E-state index contributed by atoms with van der Waals surface area (Å²) in [6.07, 6.45) is 0.194. The molecule has 0 saturated heterocycles. The molecule has 0 radical (unpaired) electrons. The molecule has 0 bridgehead atoms. The van der Waals surface area contributed by atoms with Crippen LogP contribution in [0.3, 0.4) is 0 Å². The number of nitrogens with zero attached hydrogens (tertiary/aromatic N) is 1. The summed E-state index contributed by atoms with van der Waals surface area (Å²) in [6.45, 7) is 0. The molecule has 1 amide bonds. The average molecular weight is 292 g/mol. The maximum atomic E-state index is 13.0. The lowest BCUT2D eigenvalue weighted by atomic mass is 9.90. The number of nitrogens with one attached hydrogen (secondary N) is 1. The van der Waals surface area contributed by atoms with Crippen molar-refractivity contribution in [1.82, 2.24) is 4.37 Å². The van der Waals surface area contributed by atoms with E-state index in [0.29, 0.717) is 4.88 Å². The number of amides is 1. The lowest BCUT2D eigenvalue weighted by Gasteiger charge is -2.22. The second-order valence-corrected chi connectivity index (χ2v) is 5.24. The Kier molecular flexibility index (Phi) is 2.98. The third-order valence-corrected chi connectivity index (χ3v) is 4.12. The monoisotopic (exact) mass is 292 g/mol. The van der Waals surface area contributed by atoms with Crippen LogP contribution in [-0.2, 0) is 4.79 Å². The van der Waals surface area contributed by atoms with Crippen LogP contribution in [0.5, 0.6) is 0 Å². The quantitative estimate of drug-likeness (QED) is 0.891. The molecule has 3 rings (SSSR count). The Morgan fingerprint density at radius 1 is 1.40 bits per heavy atom. The van der Waals surface area contributed by atoms with Crippen molar-refractivity contribution in [2.75, 3.05) is 5.32 Å². The van der Waals surface area contributed by atoms with Gasteiger partial charge in [0.2, 0.25) is 5.91 Å². The summed E-state index contributed by atoms with van der Waals surface area (Å²) in [6, 6.07) is 5.84. The first kappa shape index (κ1) is 12.7. The molecule has 1 aliphatic heterocycles. The number of carbonyl (C=O) groups excluding carboxylic acids is 1. The van der Waals surface area contributed by atoms with Crippen molar-refractivity contribution in [3.05, 3.63) is 46.2 Å². The summed E-state index contributed by atoms with van der Waals surface area (Å²) < 4.78 is 16.8. The van der Waals surface area contributed by atoms with Crippen molar-refractivity contribution in [1.29, 1.82) is 0 Å². The lowest BCUT2D eigenvalue weighted by molar-refractivity contribution is -0.116. The Hall–Kier alpha value is -2.28. The number of carboxylic acid groups (broad SMARTS) is 1. The number of benzene rings is 1. The van der Waals surface area contributed by atoms with Gasteiger partial charge in [0.05, 0.1) is 10.6 Å². The highest BCUT2D eigenvalue weighted by Crippen LogP contribution is 2.41. The second-order valence-electron chi connectivity index (χ2n) is 4.43. The summed E-state index contributed by atoms with van der Waals surface area (Å²) in [5.74, 6) is -2.09. The Morgan fingerprint density at radius 2 is 2.10 bits per heavy atom. The van der Waals surface area contributed by atoms with Crippen LogP contribution in [0.2, 0.25) is 0 Å². The molecular formula is C13H9FN2O3S. The molecule has 0 aliphatic carbocycles. The van der Waals surface area contributed by atoms with E-state index in [1.807, 2.05) is 0 Å². The second kappa shape index (κ2) is 4.68. The maximum Gasteiger partial charge on any atom is 0.357 e. The van der Waals surface area contributed by atoms with Crippen LogP contribution < -0.4 is 5.32 Å². The molecule has 20 heavy (non-hydrogen) atoms. The third kappa shape index (κ3) is 2.05. The van der Waals surface area contributed by atoms with Crippen LogP contribution >= 0.6 is 11.5 Å². The summed E-state index contributed by atoms with van der Waals surface area (Å²) in [5, 5.41) is 11.6. The predicted molar refractivity (Wildman–Crippen MR) is 70.6 cm³/mol. The first-order valence-corrected chi connectivity index (χ1v) is 6.62. The van der Waals surface area contributed by atoms with E-state index >= 15 is 0 Å². The van der Waals surface area contributed by atoms with Crippen molar-refractivity contribution in [2.24, 2.45) is 0 Å². The molecular weight excluding hydrogens is 283 g/mol. The Labute approximate surface area is 117 Å². The Balaban J connectivity index is 2.09. The van der Waals surface area contributed by atoms with Gasteiger partial charge in [-0.3, -0.25) is 4.79 Å². The van der Waals surface area contributed by atoms with Crippen LogP contribution in [0.1, 0.15) is 33.3 Å². The zero-order valence-corrected chi connectivity index (χ0v) is 10.9. The van der Waals surface area contributed by atoms with Crippen molar-refractivity contribution in [3.8, 4) is 0 Å². The third-order valence-electron chi connectivity index (χ3n) is 3.16. The Bertz CT molecular complexity index is 696. The van der Waals surface area contributed by atoms with Crippen LogP contribution in [0.25, 0.3) is 0 Å². The van der Waals surface area contributed by atoms with Crippen LogP contribution in [-0.4, -0.2) is 21.4 Å². The van der Waals surface area contributed by atoms with Gasteiger partial charge in [-0.2, -0.15) is 4.37 Å². The van der Waals surface area contributed by atoms with Crippen molar-refractivity contribution in [2.45, 2.75) is 12.3 Å². The molecule has 1 atom stereocenters. The molecule has 1 aromatic carbocycles. The topological polar surface area (TPSA) is 79.3 Å². The molecule has 0 fully saturated rings. The predicted octanol–water partition coefficient (Wildman–Crippen LogP) is 2.45. The average Bonchev–Trinajstić information content (AvgIpc) is 2.82. The van der Waals surface area contributed by atoms with Gasteiger partial charge in [-0.15, -0.1) is 0 Å². The van der Waals surface area contributed by atoms with Crippen molar-refractivity contribution >= 4 is 29.1 Å². The van der Waals surface area contributed by atoms with Gasteiger partial charge in [-0.25, -0.2) is 9.18 Å². The molecule has 2 aromatic rings. The number of fused-ring (bicyclic) bond motifs is 1. The fourth-order valence-electron chi connectivity index (χ4n) is 2.24. The SMILES string of the molecule is O=C1C[C@H](c2ccc(F)cc2)c2snc(C(=O)O)c2N1. The van der Waals surface area contributed by atoms with E-state index in [9.17, 15) is 14.0 Å². The van der Waals surface area contributed by atoms with E-state index in [1.165, 1.54) is 12.1 Å². The first-order chi connectivity index (χ1) is 9.56. The fraction of sp³-hybridized carbons (Fsp3) is 0.154. The van der Waals surface area contributed by atoms with Gasteiger partial charge < -0.3 is 10.4 Å². The minimum atomic E-state index is -1.18. The van der Waals surface area contributed by atoms with Crippen LogP contribution in [0.15, 0.2) is 24.3 Å². The molecule has 0 spiro atoms. The normalized spacial score (nSPS) is 17.4. The minimum Gasteiger partial charge on any atom is -0.476 e. The molecule has 2 N–H and O–H groups in total. The number of carbonyl (C=O) groups is 2. The largest absolute Gasteiger partial charge is 0.476 e. The van der Waals surface area contributed by atoms with Gasteiger partial charge in [0.1, 0.15) is 5.82 Å². The number of halogens is 1. The fourth-order valence-corrected chi connectivity index (χ4v) is 3.18. The van der Waals surface area contributed by atoms with Gasteiger partial charge in [0, 0.05) is 12.3 Å². The highest BCUT2D eigenvalue weighted by Gasteiger charge is 2.32. The summed E-state index contributed by atoms with van der Waals surface area (Å²) in [5.41, 5.74) is 0.876. The number of aromatic carboxylic acids is 1. The zero-order valence-electron chi connectivity index (χ0n) is 10.1. The first-order valence-electron chi connectivity index (χ1n) is 5.84. The number of aromatic nitrogens is 1. The van der Waals surface area contributed by atoms with Gasteiger partial charge in [-0.05, 0) is 29.2 Å². The van der Waals surface area contributed by atoms with Crippen molar-refractivity contribution in [3.63, 3.8) is 0 Å². The summed E-state index contributed by atoms with van der Waals surface area (Å²) >= 11 is 1.05. The van der Waals surface area contributed by atoms with E-state index in [2.05, 4.69) is 9.69 Å². The molecule has 0 unspecified atom stereocenters. The van der Waals surface area contributed by atoms with Crippen molar-refractivity contribution < 1.29 is 19.1 Å². The molecule has 2 heterocycles. The van der Waals surface area contributed by atoms with E-state index in [0.717, 1.165) is 17.1 Å². The molecule has 5 nitrogen and oxygen atoms in total. The molecule has 1 aliphatic rings. The number of rotatable bonds is 2. The zero-order chi connectivity index (χ0) is 14.3. The Morgan fingerprint density at radius 3 is 2.75 bits per heavy atom. The number of hydrogen-bond donors (Lipinski definition) is 2. The lowest BCUT2D eigenvalue weighted by Crippen LogP contribution is -2.23. The summed E-state index contributed by atoms with van der Waals surface area (Å²) in [4.78, 5) is 23.5. The number of carboxylic acids is 1. The molecule has 7 heteroatoms. The number of anilines is 1. The highest BCUT2D eigenvalue weighted by molar-refractivity contribution is 7.06. The van der Waals surface area contributed by atoms with Crippen LogP contribution in [0, 0.1) is 5.82 Å². The smallest absolute Gasteiger partial charge is 0.357 e. The molecule has 102 valence electrons. The summed E-state index contributed by atoms with van der Waals surface area (Å²) in [7, 11) is 0. The standard InChI is InChI=1S/C13H9FN2O3S/c14-7-3-1-6(2-4-7)8-5-9(17)15-10-11(13(18)19)16-20-12(8)10/h1-4,8H,5H2,(H,15,17)(H,18,19)/t8-/m1/s1. The maximum absolute atomic E-state index is 13.0. The van der Waals surface area contributed by atoms with Gasteiger partial charge in [0.25, 0.3) is 0 Å². The van der Waals surface area contributed by atoms with Gasteiger partial charge in [-0.1, -0.05) is 12.1 Å². The van der Waals surface area contributed by atoms with E-state index in [4.69, 9.17) is 5.11 Å².